The van der Waals surface area contributed by atoms with E-state index in [1.165, 1.54) is 12.8 Å². The molecule has 1 atom stereocenters. The SMILES string of the molecule is CCCC[N+](C)(CCNC(C)=O)CCOC. The lowest BCUT2D eigenvalue weighted by atomic mass is 10.2. The normalized spacial score (nSPS) is 14.5. The van der Waals surface area contributed by atoms with E-state index in [0.717, 1.165) is 37.3 Å². The second kappa shape index (κ2) is 8.53. The summed E-state index contributed by atoms with van der Waals surface area (Å²) in [5.74, 6) is 0.0498. The third-order valence-corrected chi connectivity index (χ3v) is 2.91. The first kappa shape index (κ1) is 15.4. The maximum absolute atomic E-state index is 10.8. The van der Waals surface area contributed by atoms with Gasteiger partial charge in [-0.15, -0.1) is 0 Å². The van der Waals surface area contributed by atoms with Crippen LogP contribution >= 0.6 is 0 Å². The van der Waals surface area contributed by atoms with Crippen molar-refractivity contribution in [1.82, 2.24) is 5.32 Å². The summed E-state index contributed by atoms with van der Waals surface area (Å²) in [6.07, 6.45) is 2.43. The fraction of sp³-hybridized carbons (Fsp3) is 0.917. The molecular formula is C12H27N2O2+. The number of quaternary nitrogens is 1. The molecule has 0 saturated carbocycles. The number of methoxy groups -OCH3 is 1. The summed E-state index contributed by atoms with van der Waals surface area (Å²) in [5.41, 5.74) is 0. The minimum atomic E-state index is 0.0498. The summed E-state index contributed by atoms with van der Waals surface area (Å²) in [7, 11) is 3.97. The van der Waals surface area contributed by atoms with Crippen LogP contribution < -0.4 is 5.32 Å². The number of amides is 1. The van der Waals surface area contributed by atoms with Crippen molar-refractivity contribution in [2.24, 2.45) is 0 Å². The Morgan fingerprint density at radius 1 is 1.31 bits per heavy atom. The van der Waals surface area contributed by atoms with Gasteiger partial charge in [0, 0.05) is 14.0 Å². The van der Waals surface area contributed by atoms with Gasteiger partial charge >= 0.3 is 0 Å². The van der Waals surface area contributed by atoms with Gasteiger partial charge in [-0.25, -0.2) is 0 Å². The lowest BCUT2D eigenvalue weighted by Gasteiger charge is -2.34. The summed E-state index contributed by atoms with van der Waals surface area (Å²) in [6, 6.07) is 0. The van der Waals surface area contributed by atoms with Gasteiger partial charge in [-0.3, -0.25) is 4.79 Å². The predicted octanol–water partition coefficient (Wildman–Crippen LogP) is 1.02. The zero-order valence-corrected chi connectivity index (χ0v) is 11.2. The van der Waals surface area contributed by atoms with Crippen LogP contribution in [0.5, 0.6) is 0 Å². The van der Waals surface area contributed by atoms with Crippen LogP contribution in [0.3, 0.4) is 0 Å². The van der Waals surface area contributed by atoms with E-state index in [1.807, 2.05) is 0 Å². The van der Waals surface area contributed by atoms with E-state index in [2.05, 4.69) is 19.3 Å². The summed E-state index contributed by atoms with van der Waals surface area (Å²) in [4.78, 5) is 10.8. The molecule has 0 aromatic heterocycles. The summed E-state index contributed by atoms with van der Waals surface area (Å²) in [5, 5.41) is 2.86. The van der Waals surface area contributed by atoms with Gasteiger partial charge in [-0.2, -0.15) is 0 Å². The Balaban J connectivity index is 4.01. The van der Waals surface area contributed by atoms with Crippen molar-refractivity contribution in [3.63, 3.8) is 0 Å². The zero-order chi connectivity index (χ0) is 12.4. The highest BCUT2D eigenvalue weighted by atomic mass is 16.5. The molecule has 1 amide bonds. The van der Waals surface area contributed by atoms with Gasteiger partial charge in [-0.05, 0) is 6.42 Å². The van der Waals surface area contributed by atoms with Crippen LogP contribution in [0.25, 0.3) is 0 Å². The Labute approximate surface area is 99.5 Å². The Morgan fingerprint density at radius 3 is 2.50 bits per heavy atom. The Kier molecular flexibility index (Phi) is 8.21. The third-order valence-electron chi connectivity index (χ3n) is 2.91. The van der Waals surface area contributed by atoms with Gasteiger partial charge in [0.2, 0.25) is 5.91 Å². The molecule has 0 heterocycles. The third kappa shape index (κ3) is 7.65. The number of nitrogens with one attached hydrogen (secondary N) is 1. The maximum atomic E-state index is 10.8. The van der Waals surface area contributed by atoms with E-state index < -0.39 is 0 Å². The lowest BCUT2D eigenvalue weighted by Crippen LogP contribution is -2.50. The lowest BCUT2D eigenvalue weighted by molar-refractivity contribution is -0.908. The number of nitrogens with zero attached hydrogens (tertiary/aromatic N) is 1. The van der Waals surface area contributed by atoms with Crippen LogP contribution in [0.2, 0.25) is 0 Å². The molecule has 0 aliphatic heterocycles. The van der Waals surface area contributed by atoms with Crippen LogP contribution in [-0.4, -0.2) is 57.3 Å². The van der Waals surface area contributed by atoms with Crippen molar-refractivity contribution in [3.8, 4) is 0 Å². The average molecular weight is 231 g/mol. The molecule has 96 valence electrons. The standard InChI is InChI=1S/C12H26N2O2/c1-5-6-8-14(3,10-11-16-4)9-7-13-12(2)15/h5-11H2,1-4H3/p+1. The van der Waals surface area contributed by atoms with Gasteiger partial charge in [-0.1, -0.05) is 13.3 Å². The molecule has 0 bridgehead atoms. The number of carbonyl (C=O) groups excluding carboxylic acids is 1. The molecule has 4 heteroatoms. The quantitative estimate of drug-likeness (QED) is 0.602. The molecule has 4 nitrogen and oxygen atoms in total. The highest BCUT2D eigenvalue weighted by Crippen LogP contribution is 2.05. The van der Waals surface area contributed by atoms with E-state index in [1.54, 1.807) is 14.0 Å². The Hall–Kier alpha value is -0.610. The smallest absolute Gasteiger partial charge is 0.217 e. The van der Waals surface area contributed by atoms with E-state index in [4.69, 9.17) is 4.74 Å². The summed E-state index contributed by atoms with van der Waals surface area (Å²) >= 11 is 0. The fourth-order valence-electron chi connectivity index (χ4n) is 1.69. The Morgan fingerprint density at radius 2 is 2.00 bits per heavy atom. The van der Waals surface area contributed by atoms with E-state index in [0.29, 0.717) is 0 Å². The highest BCUT2D eigenvalue weighted by Gasteiger charge is 2.20. The van der Waals surface area contributed by atoms with E-state index in [9.17, 15) is 4.79 Å². The fourth-order valence-corrected chi connectivity index (χ4v) is 1.69. The van der Waals surface area contributed by atoms with Gasteiger partial charge in [0.05, 0.1) is 33.3 Å². The molecule has 0 aromatic carbocycles. The first-order valence-electron chi connectivity index (χ1n) is 6.11. The van der Waals surface area contributed by atoms with Gasteiger partial charge < -0.3 is 14.5 Å². The van der Waals surface area contributed by atoms with Crippen molar-refractivity contribution in [1.29, 1.82) is 0 Å². The molecule has 0 spiro atoms. The van der Waals surface area contributed by atoms with E-state index >= 15 is 0 Å². The number of likely N-dealkylation sites (N-methyl/N-ethyl adjacent to an activating group) is 1. The van der Waals surface area contributed by atoms with Crippen LogP contribution in [0, 0.1) is 0 Å². The van der Waals surface area contributed by atoms with Crippen LogP contribution in [-0.2, 0) is 9.53 Å². The zero-order valence-electron chi connectivity index (χ0n) is 11.2. The van der Waals surface area contributed by atoms with Gasteiger partial charge in [0.1, 0.15) is 6.54 Å². The number of ether oxygens (including phenoxy) is 1. The number of hydrogen-bond acceptors (Lipinski definition) is 2. The molecule has 1 unspecified atom stereocenters. The average Bonchev–Trinajstić information content (AvgIpc) is 2.23. The largest absolute Gasteiger partial charge is 0.379 e. The molecule has 0 saturated heterocycles. The van der Waals surface area contributed by atoms with Crippen LogP contribution in [0.15, 0.2) is 0 Å². The highest BCUT2D eigenvalue weighted by molar-refractivity contribution is 5.72. The second-order valence-corrected chi connectivity index (χ2v) is 4.62. The van der Waals surface area contributed by atoms with Crippen molar-refractivity contribution in [2.45, 2.75) is 26.7 Å². The number of carbonyl (C=O) groups is 1. The monoisotopic (exact) mass is 231 g/mol. The predicted molar refractivity (Wildman–Crippen MR) is 66.3 cm³/mol. The van der Waals surface area contributed by atoms with Crippen molar-refractivity contribution in [2.75, 3.05) is 46.9 Å². The van der Waals surface area contributed by atoms with Crippen molar-refractivity contribution in [3.05, 3.63) is 0 Å². The summed E-state index contributed by atoms with van der Waals surface area (Å²) in [6.45, 7) is 8.43. The van der Waals surface area contributed by atoms with Crippen LogP contribution in [0.4, 0.5) is 0 Å². The minimum absolute atomic E-state index is 0.0498. The molecule has 0 radical (unpaired) electrons. The first-order valence-corrected chi connectivity index (χ1v) is 6.11. The molecular weight excluding hydrogens is 204 g/mol. The molecule has 1 N–H and O–H groups in total. The summed E-state index contributed by atoms with van der Waals surface area (Å²) < 4.78 is 6.12. The maximum Gasteiger partial charge on any atom is 0.217 e. The van der Waals surface area contributed by atoms with Crippen molar-refractivity contribution < 1.29 is 14.0 Å². The molecule has 0 aliphatic carbocycles. The molecule has 0 aromatic rings. The van der Waals surface area contributed by atoms with Crippen LogP contribution in [0.1, 0.15) is 26.7 Å². The molecule has 0 aliphatic rings. The minimum Gasteiger partial charge on any atom is -0.379 e. The van der Waals surface area contributed by atoms with Crippen molar-refractivity contribution >= 4 is 5.91 Å². The second-order valence-electron chi connectivity index (χ2n) is 4.62. The molecule has 16 heavy (non-hydrogen) atoms. The number of rotatable bonds is 9. The molecule has 0 rings (SSSR count). The van der Waals surface area contributed by atoms with Gasteiger partial charge in [0.15, 0.2) is 0 Å². The molecule has 0 fully saturated rings. The number of unbranched alkanes of at least 4 members (excludes halogenated alkanes) is 1. The topological polar surface area (TPSA) is 38.3 Å². The van der Waals surface area contributed by atoms with E-state index in [-0.39, 0.29) is 5.91 Å². The first-order chi connectivity index (χ1) is 7.54. The number of hydrogen-bond donors (Lipinski definition) is 1. The Bertz CT molecular complexity index is 187. The van der Waals surface area contributed by atoms with Gasteiger partial charge in [0.25, 0.3) is 0 Å².